The van der Waals surface area contributed by atoms with Gasteiger partial charge in [0.05, 0.1) is 12.0 Å². The summed E-state index contributed by atoms with van der Waals surface area (Å²) in [5.74, 6) is 1.49. The van der Waals surface area contributed by atoms with Crippen molar-refractivity contribution in [2.45, 2.75) is 25.8 Å². The molecule has 2 aromatic heterocycles. The van der Waals surface area contributed by atoms with E-state index in [0.29, 0.717) is 5.92 Å². The number of nitrogens with one attached hydrogen (secondary N) is 2. The summed E-state index contributed by atoms with van der Waals surface area (Å²) in [7, 11) is 1.86. The molecule has 2 N–H and O–H groups in total. The van der Waals surface area contributed by atoms with Crippen molar-refractivity contribution in [2.24, 2.45) is 5.92 Å². The minimum Gasteiger partial charge on any atom is -0.372 e. The van der Waals surface area contributed by atoms with Gasteiger partial charge in [0.1, 0.15) is 5.82 Å². The normalized spacial score (nSPS) is 19.6. The summed E-state index contributed by atoms with van der Waals surface area (Å²) in [6, 6.07) is 4.07. The number of nitrogens with zero attached hydrogens (tertiary/aromatic N) is 4. The summed E-state index contributed by atoms with van der Waals surface area (Å²) in [6.45, 7) is 3.25. The zero-order chi connectivity index (χ0) is 14.5. The van der Waals surface area contributed by atoms with Crippen LogP contribution < -0.4 is 5.32 Å². The molecule has 0 radical (unpaired) electrons. The first kappa shape index (κ1) is 14.0. The molecule has 1 saturated heterocycles. The molecule has 0 bridgehead atoms. The number of aromatic amines is 1. The monoisotopic (exact) mass is 286 g/mol. The van der Waals surface area contributed by atoms with Crippen molar-refractivity contribution < 1.29 is 0 Å². The molecular formula is C15H22N6. The van der Waals surface area contributed by atoms with Crippen molar-refractivity contribution in [1.82, 2.24) is 25.1 Å². The van der Waals surface area contributed by atoms with Gasteiger partial charge in [0.25, 0.3) is 0 Å². The maximum atomic E-state index is 4.30. The molecule has 0 spiro atoms. The predicted molar refractivity (Wildman–Crippen MR) is 81.9 cm³/mol. The van der Waals surface area contributed by atoms with E-state index in [0.717, 1.165) is 31.0 Å². The van der Waals surface area contributed by atoms with Gasteiger partial charge in [-0.2, -0.15) is 5.10 Å². The van der Waals surface area contributed by atoms with E-state index in [2.05, 4.69) is 36.4 Å². The minimum atomic E-state index is 0.663. The maximum Gasteiger partial charge on any atom is 0.148 e. The fourth-order valence-corrected chi connectivity index (χ4v) is 2.97. The van der Waals surface area contributed by atoms with Crippen LogP contribution in [0, 0.1) is 5.92 Å². The molecular weight excluding hydrogens is 264 g/mol. The Morgan fingerprint density at radius 3 is 3.05 bits per heavy atom. The molecule has 0 aliphatic carbocycles. The number of piperidine rings is 1. The van der Waals surface area contributed by atoms with Crippen LogP contribution in [0.4, 0.5) is 5.82 Å². The van der Waals surface area contributed by atoms with E-state index >= 15 is 0 Å². The molecule has 3 rings (SSSR count). The summed E-state index contributed by atoms with van der Waals surface area (Å²) in [4.78, 5) is 9.76. The second-order valence-corrected chi connectivity index (χ2v) is 5.68. The van der Waals surface area contributed by atoms with Crippen LogP contribution in [0.25, 0.3) is 0 Å². The van der Waals surface area contributed by atoms with Crippen LogP contribution in [-0.2, 0) is 13.0 Å². The fourth-order valence-electron chi connectivity index (χ4n) is 2.97. The molecule has 0 aromatic carbocycles. The van der Waals surface area contributed by atoms with Crippen LogP contribution in [-0.4, -0.2) is 45.2 Å². The largest absolute Gasteiger partial charge is 0.372 e. The Balaban J connectivity index is 1.55. The van der Waals surface area contributed by atoms with E-state index in [-0.39, 0.29) is 0 Å². The molecule has 21 heavy (non-hydrogen) atoms. The zero-order valence-corrected chi connectivity index (χ0v) is 12.4. The Labute approximate surface area is 125 Å². The van der Waals surface area contributed by atoms with Gasteiger partial charge in [0, 0.05) is 32.0 Å². The average Bonchev–Trinajstić information content (AvgIpc) is 3.01. The van der Waals surface area contributed by atoms with Crippen LogP contribution in [0.2, 0.25) is 0 Å². The molecule has 3 heterocycles. The summed E-state index contributed by atoms with van der Waals surface area (Å²) in [5, 5.41) is 11.5. The first-order valence-corrected chi connectivity index (χ1v) is 7.53. The molecule has 1 atom stereocenters. The SMILES string of the molecule is CNc1ccc(C[C@@H]2CCCN(Cc3cnc[nH]3)C2)nn1. The van der Waals surface area contributed by atoms with E-state index < -0.39 is 0 Å². The highest BCUT2D eigenvalue weighted by molar-refractivity contribution is 5.31. The van der Waals surface area contributed by atoms with Crippen molar-refractivity contribution in [3.63, 3.8) is 0 Å². The predicted octanol–water partition coefficient (Wildman–Crippen LogP) is 1.70. The smallest absolute Gasteiger partial charge is 0.148 e. The lowest BCUT2D eigenvalue weighted by molar-refractivity contribution is 0.165. The zero-order valence-electron chi connectivity index (χ0n) is 12.4. The number of hydrogen-bond donors (Lipinski definition) is 2. The lowest BCUT2D eigenvalue weighted by Gasteiger charge is -2.32. The van der Waals surface area contributed by atoms with Crippen molar-refractivity contribution in [1.29, 1.82) is 0 Å². The molecule has 112 valence electrons. The van der Waals surface area contributed by atoms with Gasteiger partial charge in [-0.1, -0.05) is 0 Å². The van der Waals surface area contributed by atoms with Gasteiger partial charge in [-0.15, -0.1) is 5.10 Å². The molecule has 6 heteroatoms. The van der Waals surface area contributed by atoms with Crippen molar-refractivity contribution >= 4 is 5.82 Å². The average molecular weight is 286 g/mol. The quantitative estimate of drug-likeness (QED) is 0.875. The van der Waals surface area contributed by atoms with Crippen LogP contribution >= 0.6 is 0 Å². The van der Waals surface area contributed by atoms with E-state index in [1.165, 1.54) is 25.1 Å². The van der Waals surface area contributed by atoms with E-state index in [4.69, 9.17) is 0 Å². The Bertz CT molecular complexity index is 536. The molecule has 0 saturated carbocycles. The lowest BCUT2D eigenvalue weighted by Crippen LogP contribution is -2.35. The molecule has 2 aromatic rings. The number of aromatic nitrogens is 4. The number of imidazole rings is 1. The molecule has 0 unspecified atom stereocenters. The Hall–Kier alpha value is -1.95. The molecule has 1 aliphatic rings. The lowest BCUT2D eigenvalue weighted by atomic mass is 9.93. The van der Waals surface area contributed by atoms with Gasteiger partial charge < -0.3 is 10.3 Å². The van der Waals surface area contributed by atoms with Gasteiger partial charge >= 0.3 is 0 Å². The second-order valence-electron chi connectivity index (χ2n) is 5.68. The first-order chi connectivity index (χ1) is 10.3. The Kier molecular flexibility index (Phi) is 4.45. The number of anilines is 1. The summed E-state index contributed by atoms with van der Waals surface area (Å²) in [6.07, 6.45) is 7.19. The molecule has 1 aliphatic heterocycles. The molecule has 1 fully saturated rings. The van der Waals surface area contributed by atoms with Crippen LogP contribution in [0.1, 0.15) is 24.2 Å². The number of rotatable bonds is 5. The van der Waals surface area contributed by atoms with Crippen LogP contribution in [0.15, 0.2) is 24.7 Å². The van der Waals surface area contributed by atoms with Crippen molar-refractivity contribution in [3.05, 3.63) is 36.0 Å². The highest BCUT2D eigenvalue weighted by Crippen LogP contribution is 2.21. The van der Waals surface area contributed by atoms with E-state index in [9.17, 15) is 0 Å². The van der Waals surface area contributed by atoms with Gasteiger partial charge in [-0.25, -0.2) is 4.98 Å². The fraction of sp³-hybridized carbons (Fsp3) is 0.533. The third kappa shape index (κ3) is 3.78. The van der Waals surface area contributed by atoms with Gasteiger partial charge in [-0.3, -0.25) is 4.90 Å². The third-order valence-electron chi connectivity index (χ3n) is 4.03. The number of hydrogen-bond acceptors (Lipinski definition) is 5. The molecule has 6 nitrogen and oxygen atoms in total. The topological polar surface area (TPSA) is 69.7 Å². The summed E-state index contributed by atoms with van der Waals surface area (Å²) >= 11 is 0. The summed E-state index contributed by atoms with van der Waals surface area (Å²) in [5.41, 5.74) is 2.27. The van der Waals surface area contributed by atoms with Gasteiger partial charge in [0.15, 0.2) is 0 Å². The highest BCUT2D eigenvalue weighted by atomic mass is 15.2. The van der Waals surface area contributed by atoms with Crippen molar-refractivity contribution in [3.8, 4) is 0 Å². The number of H-pyrrole nitrogens is 1. The first-order valence-electron chi connectivity index (χ1n) is 7.53. The third-order valence-corrected chi connectivity index (χ3v) is 4.03. The second kappa shape index (κ2) is 6.67. The highest BCUT2D eigenvalue weighted by Gasteiger charge is 2.21. The Morgan fingerprint density at radius 1 is 1.38 bits per heavy atom. The minimum absolute atomic E-state index is 0.663. The summed E-state index contributed by atoms with van der Waals surface area (Å²) < 4.78 is 0. The van der Waals surface area contributed by atoms with Gasteiger partial charge in [0.2, 0.25) is 0 Å². The van der Waals surface area contributed by atoms with E-state index in [1.54, 1.807) is 6.33 Å². The van der Waals surface area contributed by atoms with E-state index in [1.807, 2.05) is 19.3 Å². The number of likely N-dealkylation sites (tertiary alicyclic amines) is 1. The molecule has 0 amide bonds. The van der Waals surface area contributed by atoms with Gasteiger partial charge in [-0.05, 0) is 43.9 Å². The standard InChI is InChI=1S/C15H22N6/c1-16-15-5-4-13(19-20-15)7-12-3-2-6-21(9-12)10-14-8-17-11-18-14/h4-5,8,11-12H,2-3,6-7,9-10H2,1H3,(H,16,20)(H,17,18)/t12-/m0/s1. The maximum absolute atomic E-state index is 4.30. The Morgan fingerprint density at radius 2 is 2.33 bits per heavy atom. The van der Waals surface area contributed by atoms with Crippen molar-refractivity contribution in [2.75, 3.05) is 25.5 Å². The van der Waals surface area contributed by atoms with Crippen LogP contribution in [0.3, 0.4) is 0 Å². The van der Waals surface area contributed by atoms with Crippen LogP contribution in [0.5, 0.6) is 0 Å².